The van der Waals surface area contributed by atoms with Gasteiger partial charge in [0.15, 0.2) is 5.71 Å². The second-order valence-corrected chi connectivity index (χ2v) is 17.2. The van der Waals surface area contributed by atoms with Gasteiger partial charge in [0.1, 0.15) is 6.54 Å². The summed E-state index contributed by atoms with van der Waals surface area (Å²) in [6.45, 7) is 5.66. The van der Waals surface area contributed by atoms with Crippen LogP contribution in [0.4, 0.5) is 11.4 Å². The number of benzene rings is 7. The number of fused-ring (bicyclic) bond motifs is 4. The molecule has 292 valence electrons. The first-order chi connectivity index (χ1) is 28.9. The number of nitrogens with zero attached hydrogens (tertiary/aromatic N) is 2. The fourth-order valence-electron chi connectivity index (χ4n) is 10.3. The zero-order valence-corrected chi connectivity index (χ0v) is 34.8. The van der Waals surface area contributed by atoms with Gasteiger partial charge in [-0.2, -0.15) is 4.58 Å². The lowest BCUT2D eigenvalue weighted by Gasteiger charge is -2.33. The summed E-state index contributed by atoms with van der Waals surface area (Å²) in [4.78, 5) is 2.46. The Morgan fingerprint density at radius 3 is 1.59 bits per heavy atom. The predicted octanol–water partition coefficient (Wildman–Crippen LogP) is 13.0. The summed E-state index contributed by atoms with van der Waals surface area (Å²) in [5.41, 5.74) is 13.0. The molecule has 2 heterocycles. The van der Waals surface area contributed by atoms with Gasteiger partial charge in [0, 0.05) is 48.0 Å². The molecule has 7 aromatic carbocycles. The zero-order valence-electron chi connectivity index (χ0n) is 34.8. The summed E-state index contributed by atoms with van der Waals surface area (Å²) in [5.74, 6) is 0.576. The summed E-state index contributed by atoms with van der Waals surface area (Å²) >= 11 is 0. The summed E-state index contributed by atoms with van der Waals surface area (Å²) in [7, 11) is 2.27. The standard InChI is InChI=1S/C57H55N2/c1-43(2)37-38-59-52-36-35-48-29-16-17-30-49(48)55(52)57(41-46-25-12-6-13-26-46,42-47-27-14-7-15-28-47)54(59)34-20-33-53-56(39-44-21-8-4-9-22-44,40-45-23-10-5-11-24-45)50-31-18-19-32-51(50)58(53)3/h4-36,43H,37-42H2,1-3H3/q+1. The molecule has 2 aliphatic rings. The molecule has 0 saturated carbocycles. The van der Waals surface area contributed by atoms with Crippen molar-refractivity contribution in [2.75, 3.05) is 18.5 Å². The second-order valence-electron chi connectivity index (χ2n) is 17.2. The van der Waals surface area contributed by atoms with E-state index in [1.807, 2.05) is 0 Å². The molecule has 0 aromatic heterocycles. The predicted molar refractivity (Wildman–Crippen MR) is 249 cm³/mol. The fraction of sp³-hybridized carbons (Fsp3) is 0.211. The van der Waals surface area contributed by atoms with Gasteiger partial charge in [0.2, 0.25) is 5.69 Å². The Morgan fingerprint density at radius 1 is 0.542 bits per heavy atom. The van der Waals surface area contributed by atoms with Crippen molar-refractivity contribution in [3.63, 3.8) is 0 Å². The number of para-hydroxylation sites is 1. The molecular weight excluding hydrogens is 713 g/mol. The SMILES string of the molecule is CC(C)CC[N+]1=C(/C=C/C=C2/N(C)c3ccccc3C2(Cc2ccccc2)Cc2ccccc2)C(Cc2ccccc2)(Cc2ccccc2)c2c1ccc1ccccc21. The summed E-state index contributed by atoms with van der Waals surface area (Å²) in [5, 5.41) is 2.65. The number of likely N-dealkylation sites (N-methyl/N-ethyl adjacent to an activating group) is 1. The quantitative estimate of drug-likeness (QED) is 0.106. The van der Waals surface area contributed by atoms with E-state index in [0.717, 1.165) is 38.6 Å². The second kappa shape index (κ2) is 16.5. The normalized spacial score (nSPS) is 16.1. The molecule has 0 spiro atoms. The van der Waals surface area contributed by atoms with Gasteiger partial charge in [-0.3, -0.25) is 0 Å². The lowest BCUT2D eigenvalue weighted by molar-refractivity contribution is -0.439. The zero-order chi connectivity index (χ0) is 40.2. The van der Waals surface area contributed by atoms with Crippen molar-refractivity contribution in [1.29, 1.82) is 0 Å². The number of allylic oxidation sites excluding steroid dienone is 4. The minimum atomic E-state index is -0.319. The van der Waals surface area contributed by atoms with Crippen LogP contribution in [0.25, 0.3) is 10.8 Å². The van der Waals surface area contributed by atoms with Gasteiger partial charge in [0.05, 0.1) is 5.41 Å². The molecule has 0 unspecified atom stereocenters. The molecule has 59 heavy (non-hydrogen) atoms. The van der Waals surface area contributed by atoms with Gasteiger partial charge in [0.25, 0.3) is 0 Å². The van der Waals surface area contributed by atoms with Crippen LogP contribution in [0.2, 0.25) is 0 Å². The molecular formula is C57H55N2+. The Balaban J connectivity index is 1.27. The van der Waals surface area contributed by atoms with Crippen LogP contribution in [-0.2, 0) is 36.5 Å². The number of hydrogen-bond acceptors (Lipinski definition) is 1. The Bertz CT molecular complexity index is 2550. The van der Waals surface area contributed by atoms with E-state index in [2.05, 4.69) is 231 Å². The van der Waals surface area contributed by atoms with Crippen molar-refractivity contribution in [3.05, 3.63) is 239 Å². The van der Waals surface area contributed by atoms with Crippen molar-refractivity contribution < 1.29 is 4.58 Å². The molecule has 2 nitrogen and oxygen atoms in total. The van der Waals surface area contributed by atoms with Crippen molar-refractivity contribution >= 4 is 27.9 Å². The highest BCUT2D eigenvalue weighted by Crippen LogP contribution is 2.52. The molecule has 0 bridgehead atoms. The maximum atomic E-state index is 2.69. The number of anilines is 1. The molecule has 0 radical (unpaired) electrons. The first-order valence-corrected chi connectivity index (χ1v) is 21.5. The Hall–Kier alpha value is -6.25. The van der Waals surface area contributed by atoms with Gasteiger partial charge in [-0.1, -0.05) is 184 Å². The van der Waals surface area contributed by atoms with E-state index in [0.29, 0.717) is 5.92 Å². The van der Waals surface area contributed by atoms with Crippen LogP contribution in [0.3, 0.4) is 0 Å². The minimum Gasteiger partial charge on any atom is -0.347 e. The lowest BCUT2D eigenvalue weighted by atomic mass is 9.67. The molecule has 0 N–H and O–H groups in total. The van der Waals surface area contributed by atoms with Crippen molar-refractivity contribution in [3.8, 4) is 0 Å². The molecule has 9 rings (SSSR count). The van der Waals surface area contributed by atoms with E-state index < -0.39 is 0 Å². The van der Waals surface area contributed by atoms with E-state index in [1.54, 1.807) is 0 Å². The number of rotatable bonds is 13. The van der Waals surface area contributed by atoms with Crippen LogP contribution in [0.15, 0.2) is 206 Å². The van der Waals surface area contributed by atoms with Gasteiger partial charge < -0.3 is 4.90 Å². The Morgan fingerprint density at radius 2 is 1.03 bits per heavy atom. The third-order valence-electron chi connectivity index (χ3n) is 12.9. The van der Waals surface area contributed by atoms with Gasteiger partial charge in [-0.05, 0) is 88.4 Å². The van der Waals surface area contributed by atoms with E-state index in [-0.39, 0.29) is 10.8 Å². The Kier molecular flexibility index (Phi) is 10.7. The highest BCUT2D eigenvalue weighted by Gasteiger charge is 2.52. The van der Waals surface area contributed by atoms with E-state index >= 15 is 0 Å². The molecule has 0 aliphatic carbocycles. The first-order valence-electron chi connectivity index (χ1n) is 21.5. The fourth-order valence-corrected chi connectivity index (χ4v) is 10.3. The van der Waals surface area contributed by atoms with Crippen LogP contribution in [0.1, 0.15) is 53.6 Å². The smallest absolute Gasteiger partial charge is 0.210 e. The molecule has 0 atom stereocenters. The minimum absolute atomic E-state index is 0.263. The van der Waals surface area contributed by atoms with E-state index in [1.165, 1.54) is 66.9 Å². The van der Waals surface area contributed by atoms with Crippen molar-refractivity contribution in [2.24, 2.45) is 5.92 Å². The number of hydrogen-bond donors (Lipinski definition) is 0. The van der Waals surface area contributed by atoms with Crippen LogP contribution < -0.4 is 4.90 Å². The average Bonchev–Trinajstić information content (AvgIpc) is 3.65. The maximum Gasteiger partial charge on any atom is 0.210 e. The van der Waals surface area contributed by atoms with E-state index in [4.69, 9.17) is 0 Å². The van der Waals surface area contributed by atoms with Crippen LogP contribution in [0, 0.1) is 5.92 Å². The van der Waals surface area contributed by atoms with Crippen LogP contribution >= 0.6 is 0 Å². The summed E-state index contributed by atoms with van der Waals surface area (Å²) in [6, 6.07) is 67.4. The monoisotopic (exact) mass is 767 g/mol. The van der Waals surface area contributed by atoms with Crippen LogP contribution in [-0.4, -0.2) is 23.9 Å². The first kappa shape index (κ1) is 38.3. The maximum absolute atomic E-state index is 2.69. The lowest BCUT2D eigenvalue weighted by Crippen LogP contribution is -2.39. The van der Waals surface area contributed by atoms with Crippen molar-refractivity contribution in [1.82, 2.24) is 0 Å². The molecule has 2 aliphatic heterocycles. The average molecular weight is 768 g/mol. The van der Waals surface area contributed by atoms with Gasteiger partial charge in [-0.15, -0.1) is 0 Å². The summed E-state index contributed by atoms with van der Waals surface area (Å²) < 4.78 is 2.69. The van der Waals surface area contributed by atoms with E-state index in [9.17, 15) is 0 Å². The van der Waals surface area contributed by atoms with Gasteiger partial charge in [-0.25, -0.2) is 0 Å². The third-order valence-corrected chi connectivity index (χ3v) is 12.9. The molecule has 0 fully saturated rings. The molecule has 0 saturated heterocycles. The molecule has 2 heteroatoms. The highest BCUT2D eigenvalue weighted by molar-refractivity contribution is 6.08. The topological polar surface area (TPSA) is 6.25 Å². The molecule has 7 aromatic rings. The molecule has 0 amide bonds. The summed E-state index contributed by atoms with van der Waals surface area (Å²) in [6.07, 6.45) is 12.1. The van der Waals surface area contributed by atoms with Gasteiger partial charge >= 0.3 is 0 Å². The van der Waals surface area contributed by atoms with Crippen molar-refractivity contribution in [2.45, 2.75) is 56.8 Å². The Labute approximate surface area is 351 Å². The van der Waals surface area contributed by atoms with Crippen LogP contribution in [0.5, 0.6) is 0 Å². The largest absolute Gasteiger partial charge is 0.347 e. The highest BCUT2D eigenvalue weighted by atomic mass is 15.2. The third kappa shape index (κ3) is 7.38.